The van der Waals surface area contributed by atoms with Crippen LogP contribution in [0.15, 0.2) is 65.8 Å². The number of aromatic nitrogens is 1. The van der Waals surface area contributed by atoms with Gasteiger partial charge in [-0.15, -0.1) is 13.2 Å². The van der Waals surface area contributed by atoms with Crippen molar-refractivity contribution in [3.05, 3.63) is 66.6 Å². The van der Waals surface area contributed by atoms with Gasteiger partial charge in [-0.25, -0.2) is 9.37 Å². The lowest BCUT2D eigenvalue weighted by molar-refractivity contribution is -0.274. The van der Waals surface area contributed by atoms with Crippen LogP contribution in [0.5, 0.6) is 5.75 Å². The van der Waals surface area contributed by atoms with Gasteiger partial charge in [0.1, 0.15) is 11.5 Å². The molecule has 1 aromatic heterocycles. The van der Waals surface area contributed by atoms with Gasteiger partial charge >= 0.3 is 6.36 Å². The van der Waals surface area contributed by atoms with E-state index < -0.39 is 23.8 Å². The zero-order valence-electron chi connectivity index (χ0n) is 16.1. The van der Waals surface area contributed by atoms with Crippen molar-refractivity contribution in [2.24, 2.45) is 10.7 Å². The zero-order valence-corrected chi connectivity index (χ0v) is 16.1. The molecular formula is C21H16F4N4O2. The molecule has 0 aliphatic rings. The fraction of sp³-hybridized carbons (Fsp3) is 0.0952. The number of pyridine rings is 1. The van der Waals surface area contributed by atoms with Crippen LogP contribution in [0.1, 0.15) is 0 Å². The van der Waals surface area contributed by atoms with Crippen LogP contribution < -0.4 is 15.8 Å². The molecule has 0 spiro atoms. The molecular weight excluding hydrogens is 416 g/mol. The number of aliphatic imine (C=N–C) groups is 1. The van der Waals surface area contributed by atoms with Gasteiger partial charge in [-0.2, -0.15) is 0 Å². The summed E-state index contributed by atoms with van der Waals surface area (Å²) in [5.41, 5.74) is 6.03. The van der Waals surface area contributed by atoms with Crippen LogP contribution in [0.4, 0.5) is 23.2 Å². The second kappa shape index (κ2) is 8.82. The average Bonchev–Trinajstić information content (AvgIpc) is 2.71. The highest BCUT2D eigenvalue weighted by Crippen LogP contribution is 2.34. The molecule has 160 valence electrons. The first kappa shape index (κ1) is 21.8. The Balaban J connectivity index is 2.01. The Morgan fingerprint density at radius 1 is 1.16 bits per heavy atom. The summed E-state index contributed by atoms with van der Waals surface area (Å²) in [5, 5.41) is 2.86. The normalized spacial score (nSPS) is 12.4. The van der Waals surface area contributed by atoms with Crippen LogP contribution in [-0.4, -0.2) is 30.0 Å². The van der Waals surface area contributed by atoms with Crippen LogP contribution >= 0.6 is 0 Å². The molecule has 0 aliphatic carbocycles. The van der Waals surface area contributed by atoms with Gasteiger partial charge in [0.05, 0.1) is 16.9 Å². The highest BCUT2D eigenvalue weighted by atomic mass is 19.4. The maximum atomic E-state index is 13.3. The first-order valence-electron chi connectivity index (χ1n) is 8.83. The third kappa shape index (κ3) is 5.35. The number of halogens is 4. The molecule has 0 atom stereocenters. The Morgan fingerprint density at radius 3 is 2.61 bits per heavy atom. The van der Waals surface area contributed by atoms with E-state index in [1.807, 2.05) is 0 Å². The van der Waals surface area contributed by atoms with E-state index in [-0.39, 0.29) is 11.4 Å². The van der Waals surface area contributed by atoms with Gasteiger partial charge in [0.25, 0.3) is 5.91 Å². The Morgan fingerprint density at radius 2 is 1.94 bits per heavy atom. The maximum absolute atomic E-state index is 13.3. The van der Waals surface area contributed by atoms with Crippen molar-refractivity contribution < 1.29 is 27.1 Å². The first-order chi connectivity index (χ1) is 14.7. The number of carbonyl (C=O) groups excluding carboxylic acids is 1. The molecule has 2 aromatic carbocycles. The topological polar surface area (TPSA) is 89.6 Å². The van der Waals surface area contributed by atoms with Crippen molar-refractivity contribution in [2.45, 2.75) is 6.36 Å². The van der Waals surface area contributed by atoms with Gasteiger partial charge in [0.15, 0.2) is 5.75 Å². The van der Waals surface area contributed by atoms with Crippen molar-refractivity contribution in [3.63, 3.8) is 0 Å². The van der Waals surface area contributed by atoms with Crippen LogP contribution in [0.2, 0.25) is 0 Å². The van der Waals surface area contributed by atoms with Gasteiger partial charge in [0, 0.05) is 18.0 Å². The van der Waals surface area contributed by atoms with Crippen molar-refractivity contribution in [1.82, 2.24) is 4.98 Å². The largest absolute Gasteiger partial charge is 0.573 e. The smallest absolute Gasteiger partial charge is 0.405 e. The summed E-state index contributed by atoms with van der Waals surface area (Å²) >= 11 is 0. The number of carbonyl (C=O) groups is 1. The predicted molar refractivity (Wildman–Crippen MR) is 109 cm³/mol. The van der Waals surface area contributed by atoms with Crippen LogP contribution in [0.25, 0.3) is 22.2 Å². The van der Waals surface area contributed by atoms with Crippen molar-refractivity contribution >= 4 is 28.2 Å². The van der Waals surface area contributed by atoms with E-state index >= 15 is 0 Å². The summed E-state index contributed by atoms with van der Waals surface area (Å²) in [5.74, 6) is -1.83. The number of hydrogen-bond acceptors (Lipinski definition) is 5. The SMILES string of the molecule is CN=C(C=CN)C(=O)Nc1ccc(-c2ccc3cc(F)ccc3n2)cc1OC(F)(F)F. The number of amides is 1. The van der Waals surface area contributed by atoms with E-state index in [2.05, 4.69) is 20.0 Å². The fourth-order valence-electron chi connectivity index (χ4n) is 2.78. The Bertz CT molecular complexity index is 1190. The summed E-state index contributed by atoms with van der Waals surface area (Å²) in [6.07, 6.45) is -2.71. The molecule has 3 N–H and O–H groups in total. The summed E-state index contributed by atoms with van der Waals surface area (Å²) in [6.45, 7) is 0. The third-order valence-electron chi connectivity index (χ3n) is 4.13. The minimum atomic E-state index is -4.99. The van der Waals surface area contributed by atoms with Gasteiger partial charge < -0.3 is 15.8 Å². The Kier molecular flexibility index (Phi) is 6.19. The quantitative estimate of drug-likeness (QED) is 0.461. The summed E-state index contributed by atoms with van der Waals surface area (Å²) in [7, 11) is 1.34. The standard InChI is InChI=1S/C21H16F4N4O2/c1-27-18(8-9-26)20(30)29-17-6-3-13(11-19(17)31-21(23,24)25)15-5-2-12-10-14(22)4-7-16(12)28-15/h2-11H,26H2,1H3,(H,29,30). The fourth-order valence-corrected chi connectivity index (χ4v) is 2.78. The van der Waals surface area contributed by atoms with E-state index in [9.17, 15) is 22.4 Å². The molecule has 10 heteroatoms. The minimum Gasteiger partial charge on any atom is -0.405 e. The van der Waals surface area contributed by atoms with Gasteiger partial charge in [0.2, 0.25) is 0 Å². The van der Waals surface area contributed by atoms with Crippen molar-refractivity contribution in [1.29, 1.82) is 0 Å². The van der Waals surface area contributed by atoms with E-state index in [4.69, 9.17) is 5.73 Å². The number of nitrogens with two attached hydrogens (primary N) is 1. The molecule has 0 fully saturated rings. The Labute approximate surface area is 174 Å². The molecule has 1 heterocycles. The van der Waals surface area contributed by atoms with Crippen molar-refractivity contribution in [2.75, 3.05) is 12.4 Å². The van der Waals surface area contributed by atoms with Crippen LogP contribution in [0, 0.1) is 5.82 Å². The summed E-state index contributed by atoms with van der Waals surface area (Å²) in [6, 6.07) is 11.0. The van der Waals surface area contributed by atoms with E-state index in [1.165, 1.54) is 43.5 Å². The van der Waals surface area contributed by atoms with Gasteiger partial charge in [-0.1, -0.05) is 12.1 Å². The van der Waals surface area contributed by atoms with E-state index in [1.54, 1.807) is 12.1 Å². The highest BCUT2D eigenvalue weighted by molar-refractivity contribution is 6.47. The minimum absolute atomic E-state index is 0.0898. The molecule has 0 unspecified atom stereocenters. The number of rotatable bonds is 5. The predicted octanol–water partition coefficient (Wildman–Crippen LogP) is 4.42. The lowest BCUT2D eigenvalue weighted by Gasteiger charge is -2.15. The van der Waals surface area contributed by atoms with Crippen LogP contribution in [-0.2, 0) is 4.79 Å². The molecule has 3 aromatic rings. The average molecular weight is 432 g/mol. The molecule has 1 amide bonds. The maximum Gasteiger partial charge on any atom is 0.573 e. The summed E-state index contributed by atoms with van der Waals surface area (Å²) in [4.78, 5) is 20.3. The lowest BCUT2D eigenvalue weighted by Crippen LogP contribution is -2.23. The van der Waals surface area contributed by atoms with E-state index in [0.29, 0.717) is 22.2 Å². The zero-order chi connectivity index (χ0) is 22.6. The summed E-state index contributed by atoms with van der Waals surface area (Å²) < 4.78 is 56.3. The second-order valence-electron chi connectivity index (χ2n) is 6.21. The monoisotopic (exact) mass is 432 g/mol. The molecule has 0 saturated carbocycles. The van der Waals surface area contributed by atoms with Gasteiger partial charge in [-0.3, -0.25) is 9.79 Å². The second-order valence-corrected chi connectivity index (χ2v) is 6.21. The molecule has 3 rings (SSSR count). The lowest BCUT2D eigenvalue weighted by atomic mass is 10.1. The molecule has 31 heavy (non-hydrogen) atoms. The third-order valence-corrected chi connectivity index (χ3v) is 4.13. The highest BCUT2D eigenvalue weighted by Gasteiger charge is 2.32. The number of hydrogen-bond donors (Lipinski definition) is 2. The number of benzene rings is 2. The number of fused-ring (bicyclic) bond motifs is 1. The number of alkyl halides is 3. The Hall–Kier alpha value is -3.95. The molecule has 6 nitrogen and oxygen atoms in total. The van der Waals surface area contributed by atoms with E-state index in [0.717, 1.165) is 12.3 Å². The van der Waals surface area contributed by atoms with Crippen LogP contribution in [0.3, 0.4) is 0 Å². The first-order valence-corrected chi connectivity index (χ1v) is 8.83. The number of nitrogens with one attached hydrogen (secondary N) is 1. The molecule has 0 aliphatic heterocycles. The number of ether oxygens (including phenoxy) is 1. The van der Waals surface area contributed by atoms with Crippen molar-refractivity contribution in [3.8, 4) is 17.0 Å². The molecule has 0 saturated heterocycles. The molecule has 0 radical (unpaired) electrons. The van der Waals surface area contributed by atoms with Gasteiger partial charge in [-0.05, 0) is 48.7 Å². The number of anilines is 1. The number of nitrogens with zero attached hydrogens (tertiary/aromatic N) is 2. The molecule has 0 bridgehead atoms.